The van der Waals surface area contributed by atoms with Crippen molar-refractivity contribution in [2.24, 2.45) is 0 Å². The summed E-state index contributed by atoms with van der Waals surface area (Å²) in [5.74, 6) is 0.198. The fourth-order valence-electron chi connectivity index (χ4n) is 4.83. The van der Waals surface area contributed by atoms with Crippen molar-refractivity contribution in [1.82, 2.24) is 0 Å². The molecule has 0 aliphatic rings. The summed E-state index contributed by atoms with van der Waals surface area (Å²) < 4.78 is 77.8. The molecule has 8 nitrogen and oxygen atoms in total. The molecule has 0 unspecified atom stereocenters. The molecule has 0 radical (unpaired) electrons. The first kappa shape index (κ1) is 33.5. The van der Waals surface area contributed by atoms with Crippen LogP contribution in [0.3, 0.4) is 0 Å². The van der Waals surface area contributed by atoms with Crippen molar-refractivity contribution in [3.05, 3.63) is 36.4 Å². The van der Waals surface area contributed by atoms with E-state index in [0.717, 1.165) is 19.3 Å². The Morgan fingerprint density at radius 1 is 0.684 bits per heavy atom. The van der Waals surface area contributed by atoms with Crippen LogP contribution in [0.5, 0.6) is 11.5 Å². The zero-order valence-electron chi connectivity index (χ0n) is 21.9. The van der Waals surface area contributed by atoms with E-state index in [9.17, 15) is 31.0 Å². The number of hydrogen-bond acceptors (Lipinski definition) is 8. The van der Waals surface area contributed by atoms with E-state index in [2.05, 4.69) is 6.92 Å². The van der Waals surface area contributed by atoms with Gasteiger partial charge >= 0.3 is 59.1 Å². The number of ether oxygens (including phenoxy) is 1. The predicted molar refractivity (Wildman–Crippen MR) is 136 cm³/mol. The molecule has 4 rings (SSSR count). The maximum atomic E-state index is 12.0. The summed E-state index contributed by atoms with van der Waals surface area (Å²) >= 11 is 0. The summed E-state index contributed by atoms with van der Waals surface area (Å²) in [5, 5.41) is 11.9. The normalized spacial score (nSPS) is 12.1. The van der Waals surface area contributed by atoms with Gasteiger partial charge in [-0.05, 0) is 24.6 Å². The Bertz CT molecular complexity index is 1570. The topological polar surface area (TPSA) is 144 Å². The van der Waals surface area contributed by atoms with Crippen molar-refractivity contribution in [1.29, 1.82) is 0 Å². The van der Waals surface area contributed by atoms with Crippen LogP contribution in [0.1, 0.15) is 58.3 Å². The Hall–Kier alpha value is -0.660. The van der Waals surface area contributed by atoms with Crippen LogP contribution in [0.25, 0.3) is 32.3 Å². The van der Waals surface area contributed by atoms with E-state index >= 15 is 0 Å². The Morgan fingerprint density at radius 2 is 1.13 bits per heavy atom. The molecule has 0 aliphatic heterocycles. The van der Waals surface area contributed by atoms with Gasteiger partial charge in [0.25, 0.3) is 0 Å². The van der Waals surface area contributed by atoms with Gasteiger partial charge in [0.15, 0.2) is 0 Å². The Labute approximate surface area is 267 Å². The van der Waals surface area contributed by atoms with E-state index in [1.165, 1.54) is 56.4 Å². The van der Waals surface area contributed by atoms with Crippen molar-refractivity contribution in [3.63, 3.8) is 0 Å². The third kappa shape index (κ3) is 7.15. The first-order valence-electron chi connectivity index (χ1n) is 12.1. The van der Waals surface area contributed by atoms with Crippen molar-refractivity contribution in [3.8, 4) is 11.5 Å². The van der Waals surface area contributed by atoms with Crippen molar-refractivity contribution in [2.75, 3.05) is 6.61 Å². The van der Waals surface area contributed by atoms with Crippen LogP contribution in [0.2, 0.25) is 0 Å². The number of unbranched alkanes of at least 4 members (excludes halogenated alkanes) is 7. The zero-order valence-corrected chi connectivity index (χ0v) is 27.6. The molecule has 0 aromatic heterocycles. The first-order valence-corrected chi connectivity index (χ1v) is 14.9. The largest absolute Gasteiger partial charge is 1.00 e. The molecular formula is C26H28Na2O8S2. The molecule has 194 valence electrons. The third-order valence-corrected chi connectivity index (χ3v) is 8.31. The van der Waals surface area contributed by atoms with Gasteiger partial charge in [-0.1, -0.05) is 64.0 Å². The Morgan fingerprint density at radius 3 is 1.66 bits per heavy atom. The van der Waals surface area contributed by atoms with E-state index in [0.29, 0.717) is 34.6 Å². The summed E-state index contributed by atoms with van der Waals surface area (Å²) in [7, 11) is -10.2. The van der Waals surface area contributed by atoms with Gasteiger partial charge in [-0.25, -0.2) is 16.8 Å². The zero-order chi connectivity index (χ0) is 26.1. The molecule has 0 atom stereocenters. The van der Waals surface area contributed by atoms with Gasteiger partial charge in [0.05, 0.1) is 16.4 Å². The van der Waals surface area contributed by atoms with E-state index in [-0.39, 0.29) is 81.0 Å². The van der Waals surface area contributed by atoms with Crippen LogP contribution >= 0.6 is 0 Å². The molecule has 0 fully saturated rings. The van der Waals surface area contributed by atoms with Gasteiger partial charge in [-0.2, -0.15) is 0 Å². The second kappa shape index (κ2) is 13.8. The molecule has 1 N–H and O–H groups in total. The van der Waals surface area contributed by atoms with Gasteiger partial charge in [0.2, 0.25) is 0 Å². The van der Waals surface area contributed by atoms with Crippen LogP contribution in [0.4, 0.5) is 0 Å². The second-order valence-corrected chi connectivity index (χ2v) is 11.8. The van der Waals surface area contributed by atoms with Crippen molar-refractivity contribution >= 4 is 52.6 Å². The van der Waals surface area contributed by atoms with Gasteiger partial charge in [0, 0.05) is 38.4 Å². The van der Waals surface area contributed by atoms with Crippen molar-refractivity contribution < 1.29 is 94.9 Å². The maximum Gasteiger partial charge on any atom is 1.00 e. The monoisotopic (exact) mass is 578 g/mol. The van der Waals surface area contributed by atoms with Crippen LogP contribution in [0.15, 0.2) is 46.2 Å². The second-order valence-electron chi connectivity index (χ2n) is 9.07. The molecule has 0 aliphatic carbocycles. The maximum absolute atomic E-state index is 12.0. The summed E-state index contributed by atoms with van der Waals surface area (Å²) in [6, 6.07) is 7.84. The number of hydrogen-bond donors (Lipinski definition) is 1. The van der Waals surface area contributed by atoms with E-state index < -0.39 is 30.0 Å². The minimum atomic E-state index is -5.11. The van der Waals surface area contributed by atoms with E-state index in [1.54, 1.807) is 6.07 Å². The standard InChI is InChI=1S/C26H30O8S2.2Na/c1-2-3-4-5-6-7-8-9-14-34-22-15-21(27)17-10-12-19-23(35(28,29)30)16-24(36(31,32)33)20-13-11-18(22)25(17)26(19)20;;/h10-13,15-16,27H,2-9,14H2,1H3,(H,28,29,30)(H,31,32,33);;/q;2*+1/p-2. The van der Waals surface area contributed by atoms with Crippen molar-refractivity contribution in [2.45, 2.75) is 68.1 Å². The fourth-order valence-corrected chi connectivity index (χ4v) is 6.31. The SMILES string of the molecule is CCCCCCCCCCOc1cc(O)c2ccc3c(S(=O)(=O)[O-])cc(S(=O)(=O)[O-])c4ccc1c2c34.[Na+].[Na+]. The van der Waals surface area contributed by atoms with Gasteiger partial charge in [0.1, 0.15) is 31.7 Å². The summed E-state index contributed by atoms with van der Waals surface area (Å²) in [6.07, 6.45) is 9.03. The van der Waals surface area contributed by atoms with Gasteiger partial charge < -0.3 is 18.9 Å². The van der Waals surface area contributed by atoms with E-state index in [4.69, 9.17) is 4.74 Å². The average Bonchev–Trinajstić information content (AvgIpc) is 2.81. The molecule has 0 spiro atoms. The van der Waals surface area contributed by atoms with Crippen LogP contribution in [-0.2, 0) is 20.2 Å². The quantitative estimate of drug-likeness (QED) is 0.104. The fraction of sp³-hybridized carbons (Fsp3) is 0.385. The Balaban J connectivity index is 0.00000253. The molecule has 0 saturated heterocycles. The first-order chi connectivity index (χ1) is 17.0. The van der Waals surface area contributed by atoms with Gasteiger partial charge in [-0.15, -0.1) is 0 Å². The van der Waals surface area contributed by atoms with E-state index in [1.807, 2.05) is 0 Å². The third-order valence-electron chi connectivity index (χ3n) is 6.56. The van der Waals surface area contributed by atoms with Gasteiger partial charge in [-0.3, -0.25) is 0 Å². The number of rotatable bonds is 12. The minimum absolute atomic E-state index is 0. The summed E-state index contributed by atoms with van der Waals surface area (Å²) in [4.78, 5) is -1.60. The number of benzene rings is 4. The minimum Gasteiger partial charge on any atom is -0.744 e. The van der Waals surface area contributed by atoms with Crippen LogP contribution < -0.4 is 63.9 Å². The predicted octanol–water partition coefficient (Wildman–Crippen LogP) is -0.375. The molecule has 0 amide bonds. The molecule has 4 aromatic rings. The molecule has 4 aromatic carbocycles. The number of aromatic hydroxyl groups is 1. The summed E-state index contributed by atoms with van der Waals surface area (Å²) in [6.45, 7) is 2.59. The molecular weight excluding hydrogens is 550 g/mol. The Kier molecular flexibility index (Phi) is 12.2. The summed E-state index contributed by atoms with van der Waals surface area (Å²) in [5.41, 5.74) is 0. The molecule has 0 saturated carbocycles. The molecule has 12 heteroatoms. The molecule has 0 bridgehead atoms. The molecule has 38 heavy (non-hydrogen) atoms. The van der Waals surface area contributed by atoms with Crippen LogP contribution in [0, 0.1) is 0 Å². The average molecular weight is 579 g/mol. The smallest absolute Gasteiger partial charge is 0.744 e. The number of phenols is 1. The van der Waals surface area contributed by atoms with Crippen LogP contribution in [-0.4, -0.2) is 37.7 Å². The molecule has 0 heterocycles. The number of phenolic OH excluding ortho intramolecular Hbond substituents is 1.